The Kier molecular flexibility index (Phi) is 7.45. The van der Waals surface area contributed by atoms with E-state index in [0.717, 1.165) is 11.3 Å². The van der Waals surface area contributed by atoms with Crippen LogP contribution in [0.4, 0.5) is 18.9 Å². The van der Waals surface area contributed by atoms with Gasteiger partial charge in [0, 0.05) is 48.4 Å². The lowest BCUT2D eigenvalue weighted by Gasteiger charge is -2.27. The van der Waals surface area contributed by atoms with E-state index in [9.17, 15) is 13.2 Å². The predicted molar refractivity (Wildman–Crippen MR) is 111 cm³/mol. The maximum Gasteiger partial charge on any atom is 0.297 e. The Morgan fingerprint density at radius 3 is 2.90 bits per heavy atom. The van der Waals surface area contributed by atoms with Gasteiger partial charge in [-0.1, -0.05) is 23.7 Å². The highest BCUT2D eigenvalue weighted by atomic mass is 35.5. The van der Waals surface area contributed by atoms with Crippen LogP contribution in [-0.4, -0.2) is 50.2 Å². The first-order valence-corrected chi connectivity index (χ1v) is 10.3. The van der Waals surface area contributed by atoms with Crippen LogP contribution in [0.2, 0.25) is 4.34 Å². The first-order chi connectivity index (χ1) is 13.9. The normalized spacial score (nSPS) is 19.0. The van der Waals surface area contributed by atoms with E-state index in [2.05, 4.69) is 4.99 Å². The Labute approximate surface area is 176 Å². The number of halogens is 4. The first kappa shape index (κ1) is 22.0. The van der Waals surface area contributed by atoms with E-state index in [1.54, 1.807) is 18.2 Å². The number of nitrogens with one attached hydrogen (secondary N) is 1. The summed E-state index contributed by atoms with van der Waals surface area (Å²) in [5, 5.41) is 7.66. The van der Waals surface area contributed by atoms with Gasteiger partial charge in [-0.25, -0.2) is 4.39 Å². The van der Waals surface area contributed by atoms with E-state index >= 15 is 0 Å². The molecule has 0 fully saturated rings. The van der Waals surface area contributed by atoms with Crippen molar-refractivity contribution in [2.75, 3.05) is 32.8 Å². The lowest BCUT2D eigenvalue weighted by molar-refractivity contribution is -0.0864. The maximum absolute atomic E-state index is 14.4. The van der Waals surface area contributed by atoms with Crippen molar-refractivity contribution in [3.05, 3.63) is 50.9 Å². The van der Waals surface area contributed by atoms with Crippen molar-refractivity contribution in [2.24, 2.45) is 10.9 Å². The van der Waals surface area contributed by atoms with Gasteiger partial charge in [-0.15, -0.1) is 11.3 Å². The van der Waals surface area contributed by atoms with Crippen LogP contribution in [0, 0.1) is 17.1 Å². The van der Waals surface area contributed by atoms with E-state index in [4.69, 9.17) is 21.7 Å². The van der Waals surface area contributed by atoms with Gasteiger partial charge in [0.25, 0.3) is 5.92 Å². The molecule has 0 spiro atoms. The van der Waals surface area contributed by atoms with Crippen molar-refractivity contribution in [3.63, 3.8) is 0 Å². The summed E-state index contributed by atoms with van der Waals surface area (Å²) in [5.74, 6) is -3.83. The molecule has 0 saturated heterocycles. The topological polar surface area (TPSA) is 48.7 Å². The fraction of sp³-hybridized carbons (Fsp3) is 0.400. The number of fused-ring (bicyclic) bond motifs is 1. The second-order valence-corrected chi connectivity index (χ2v) is 8.52. The number of hydrogen-bond donors (Lipinski definition) is 1. The number of aliphatic imine (C=N–C) groups is 1. The van der Waals surface area contributed by atoms with Crippen molar-refractivity contribution in [1.82, 2.24) is 4.90 Å². The van der Waals surface area contributed by atoms with Gasteiger partial charge in [0.2, 0.25) is 0 Å². The molecule has 1 N–H and O–H groups in total. The fourth-order valence-corrected chi connectivity index (χ4v) is 4.40. The summed E-state index contributed by atoms with van der Waals surface area (Å²) in [4.78, 5) is 6.73. The highest BCUT2D eigenvalue weighted by Gasteiger charge is 2.36. The smallest absolute Gasteiger partial charge is 0.297 e. The Morgan fingerprint density at radius 1 is 1.34 bits per heavy atom. The third kappa shape index (κ3) is 5.88. The monoisotopic (exact) mass is 443 g/mol. The molecule has 2 heterocycles. The molecule has 1 atom stereocenters. The molecule has 0 amide bonds. The van der Waals surface area contributed by atoms with Crippen molar-refractivity contribution >= 4 is 41.1 Å². The summed E-state index contributed by atoms with van der Waals surface area (Å²) in [6.45, 7) is 0.876. The minimum Gasteiger partial charge on any atom is -0.373 e. The van der Waals surface area contributed by atoms with E-state index in [1.165, 1.54) is 24.6 Å². The number of benzene rings is 1. The molecule has 0 aliphatic carbocycles. The zero-order chi connectivity index (χ0) is 20.9. The van der Waals surface area contributed by atoms with Crippen molar-refractivity contribution in [1.29, 1.82) is 5.41 Å². The highest BCUT2D eigenvalue weighted by Crippen LogP contribution is 2.38. The van der Waals surface area contributed by atoms with Gasteiger partial charge >= 0.3 is 0 Å². The molecule has 2 aromatic rings. The van der Waals surface area contributed by atoms with Crippen LogP contribution in [0.1, 0.15) is 10.4 Å². The minimum absolute atomic E-state index is 0.0703. The molecule has 9 heteroatoms. The molecule has 0 radical (unpaired) electrons. The quantitative estimate of drug-likeness (QED) is 0.647. The van der Waals surface area contributed by atoms with Gasteiger partial charge in [0.15, 0.2) is 0 Å². The van der Waals surface area contributed by atoms with Crippen molar-refractivity contribution < 1.29 is 17.9 Å². The molecule has 4 nitrogen and oxygen atoms in total. The van der Waals surface area contributed by atoms with E-state index in [-0.39, 0.29) is 23.8 Å². The standard InChI is InChI=1S/C20H21ClF3N3OS/c21-19-9-15-18(29-19)5-6-27(7-8-28-13-20(15,23)24)12-14(10-25)11-26-17-4-2-1-3-16(17)22/h1-4,9-11,14,25H,5-8,12-13H2. The summed E-state index contributed by atoms with van der Waals surface area (Å²) in [6.07, 6.45) is 3.20. The van der Waals surface area contributed by atoms with Gasteiger partial charge in [-0.2, -0.15) is 8.78 Å². The average molecular weight is 444 g/mol. The van der Waals surface area contributed by atoms with E-state index in [1.807, 2.05) is 4.90 Å². The third-order valence-electron chi connectivity index (χ3n) is 4.60. The summed E-state index contributed by atoms with van der Waals surface area (Å²) < 4.78 is 48.0. The SMILES string of the molecule is N=CC(C=Nc1ccccc1F)CN1CCOCC(F)(F)c2cc(Cl)sc2CC1. The second kappa shape index (κ2) is 9.84. The van der Waals surface area contributed by atoms with Crippen LogP contribution >= 0.6 is 22.9 Å². The van der Waals surface area contributed by atoms with Crippen LogP contribution in [0.5, 0.6) is 0 Å². The van der Waals surface area contributed by atoms with Gasteiger partial charge in [0.1, 0.15) is 12.4 Å². The molecule has 1 aliphatic heterocycles. The lowest BCUT2D eigenvalue weighted by Crippen LogP contribution is -2.37. The molecule has 0 saturated carbocycles. The van der Waals surface area contributed by atoms with Crippen LogP contribution in [0.15, 0.2) is 35.3 Å². The maximum atomic E-state index is 14.4. The molecule has 0 bridgehead atoms. The predicted octanol–water partition coefficient (Wildman–Crippen LogP) is 5.18. The van der Waals surface area contributed by atoms with Crippen molar-refractivity contribution in [3.8, 4) is 0 Å². The summed E-state index contributed by atoms with van der Waals surface area (Å²) in [7, 11) is 0. The number of alkyl halides is 2. The number of rotatable bonds is 5. The van der Waals surface area contributed by atoms with Crippen LogP contribution < -0.4 is 0 Å². The molecule has 29 heavy (non-hydrogen) atoms. The molecule has 1 unspecified atom stereocenters. The molecule has 1 aromatic carbocycles. The Balaban J connectivity index is 1.70. The zero-order valence-electron chi connectivity index (χ0n) is 15.6. The lowest BCUT2D eigenvalue weighted by atomic mass is 10.1. The largest absolute Gasteiger partial charge is 0.373 e. The summed E-state index contributed by atoms with van der Waals surface area (Å²) >= 11 is 7.13. The van der Waals surface area contributed by atoms with Crippen molar-refractivity contribution in [2.45, 2.75) is 12.3 Å². The Bertz CT molecular complexity index is 874. The van der Waals surface area contributed by atoms with E-state index < -0.39 is 18.3 Å². The van der Waals surface area contributed by atoms with Gasteiger partial charge in [-0.3, -0.25) is 9.89 Å². The molecular weight excluding hydrogens is 423 g/mol. The third-order valence-corrected chi connectivity index (χ3v) is 5.93. The zero-order valence-corrected chi connectivity index (χ0v) is 17.2. The fourth-order valence-electron chi connectivity index (χ4n) is 3.09. The Hall–Kier alpha value is -1.74. The van der Waals surface area contributed by atoms with Crippen LogP contribution in [-0.2, 0) is 17.1 Å². The first-order valence-electron chi connectivity index (χ1n) is 9.15. The summed E-state index contributed by atoms with van der Waals surface area (Å²) in [5.41, 5.74) is 0.141. The molecular formula is C20H21ClF3N3OS. The second-order valence-electron chi connectivity index (χ2n) is 6.76. The van der Waals surface area contributed by atoms with E-state index in [0.29, 0.717) is 35.3 Å². The van der Waals surface area contributed by atoms with Gasteiger partial charge in [0.05, 0.1) is 16.6 Å². The van der Waals surface area contributed by atoms with Gasteiger partial charge < -0.3 is 10.1 Å². The Morgan fingerprint density at radius 2 is 2.14 bits per heavy atom. The van der Waals surface area contributed by atoms with Gasteiger partial charge in [-0.05, 0) is 24.6 Å². The number of para-hydroxylation sites is 1. The van der Waals surface area contributed by atoms with Crippen LogP contribution in [0.25, 0.3) is 0 Å². The molecule has 1 aliphatic rings. The van der Waals surface area contributed by atoms with Crippen LogP contribution in [0.3, 0.4) is 0 Å². The highest BCUT2D eigenvalue weighted by molar-refractivity contribution is 7.16. The number of thiophene rings is 1. The molecule has 3 rings (SSSR count). The number of ether oxygens (including phenoxy) is 1. The summed E-state index contributed by atoms with van der Waals surface area (Å²) in [6, 6.07) is 7.48. The number of nitrogens with zero attached hydrogens (tertiary/aromatic N) is 2. The average Bonchev–Trinajstić information content (AvgIpc) is 3.08. The number of hydrogen-bond acceptors (Lipinski definition) is 5. The molecule has 1 aromatic heterocycles. The molecule has 156 valence electrons. The minimum atomic E-state index is -3.06.